The number of hydrogen-bond donors (Lipinski definition) is 0. The molecular formula is C19H27NO2. The lowest BCUT2D eigenvalue weighted by Crippen LogP contribution is -2.41. The maximum atomic E-state index is 12.5. The third-order valence-electron chi connectivity index (χ3n) is 4.28. The van der Waals surface area contributed by atoms with E-state index in [9.17, 15) is 4.79 Å². The first kappa shape index (κ1) is 16.8. The Morgan fingerprint density at radius 2 is 1.82 bits per heavy atom. The van der Waals surface area contributed by atoms with Gasteiger partial charge in [-0.3, -0.25) is 4.79 Å². The number of piperidine rings is 1. The summed E-state index contributed by atoms with van der Waals surface area (Å²) in [5.41, 5.74) is 0.684. The van der Waals surface area contributed by atoms with Crippen LogP contribution < -0.4 is 4.74 Å². The molecule has 0 unspecified atom stereocenters. The fourth-order valence-electron chi connectivity index (χ4n) is 2.87. The number of hydrogen-bond acceptors (Lipinski definition) is 3. The van der Waals surface area contributed by atoms with Gasteiger partial charge in [0.2, 0.25) is 0 Å². The quantitative estimate of drug-likeness (QED) is 0.749. The van der Waals surface area contributed by atoms with Gasteiger partial charge >= 0.3 is 0 Å². The van der Waals surface area contributed by atoms with Crippen molar-refractivity contribution in [2.24, 2.45) is 5.41 Å². The Kier molecular flexibility index (Phi) is 5.78. The van der Waals surface area contributed by atoms with Gasteiger partial charge in [0.05, 0.1) is 7.11 Å². The third kappa shape index (κ3) is 4.70. The molecule has 1 aromatic carbocycles. The summed E-state index contributed by atoms with van der Waals surface area (Å²) in [7, 11) is 1.65. The summed E-state index contributed by atoms with van der Waals surface area (Å²) < 4.78 is 5.14. The molecule has 0 saturated carbocycles. The Morgan fingerprint density at radius 1 is 1.18 bits per heavy atom. The molecule has 1 heterocycles. The van der Waals surface area contributed by atoms with Gasteiger partial charge in [0.25, 0.3) is 0 Å². The zero-order valence-electron chi connectivity index (χ0n) is 14.0. The molecule has 1 aromatic rings. The number of allylic oxidation sites excluding steroid dienone is 1. The van der Waals surface area contributed by atoms with Crippen molar-refractivity contribution >= 4 is 11.9 Å². The second-order valence-electron chi connectivity index (χ2n) is 6.69. The topological polar surface area (TPSA) is 29.5 Å². The maximum Gasteiger partial charge on any atom is 0.162 e. The van der Waals surface area contributed by atoms with Crippen molar-refractivity contribution in [2.75, 3.05) is 26.7 Å². The Hall–Kier alpha value is -1.61. The molecule has 0 N–H and O–H groups in total. The molecule has 0 atom stereocenters. The molecule has 0 amide bonds. The molecule has 1 aliphatic heterocycles. The minimum Gasteiger partial charge on any atom is -0.497 e. The number of ketones is 1. The van der Waals surface area contributed by atoms with Gasteiger partial charge in [-0.2, -0.15) is 0 Å². The van der Waals surface area contributed by atoms with Gasteiger partial charge in [-0.1, -0.05) is 38.5 Å². The van der Waals surface area contributed by atoms with E-state index in [0.717, 1.165) is 30.9 Å². The molecule has 0 spiro atoms. The van der Waals surface area contributed by atoms with Crippen LogP contribution >= 0.6 is 0 Å². The van der Waals surface area contributed by atoms with Crippen LogP contribution in [0.4, 0.5) is 0 Å². The Labute approximate surface area is 134 Å². The SMILES string of the molecule is COc1ccc(/C=C/C(=O)C(C)(C)CN2CCCCC2)cc1. The lowest BCUT2D eigenvalue weighted by atomic mass is 9.86. The van der Waals surface area contributed by atoms with Gasteiger partial charge in [0.15, 0.2) is 5.78 Å². The van der Waals surface area contributed by atoms with Crippen molar-refractivity contribution in [1.82, 2.24) is 4.90 Å². The summed E-state index contributed by atoms with van der Waals surface area (Å²) in [6.07, 6.45) is 7.44. The highest BCUT2D eigenvalue weighted by Crippen LogP contribution is 2.22. The van der Waals surface area contributed by atoms with Gasteiger partial charge < -0.3 is 9.64 Å². The van der Waals surface area contributed by atoms with Gasteiger partial charge in [0.1, 0.15) is 5.75 Å². The predicted octanol–water partition coefficient (Wildman–Crippen LogP) is 3.79. The molecule has 0 radical (unpaired) electrons. The molecule has 1 fully saturated rings. The van der Waals surface area contributed by atoms with Crippen LogP contribution in [0.3, 0.4) is 0 Å². The summed E-state index contributed by atoms with van der Waals surface area (Å²) in [6.45, 7) is 7.18. The summed E-state index contributed by atoms with van der Waals surface area (Å²) in [5.74, 6) is 1.02. The molecule has 3 heteroatoms. The minimum atomic E-state index is -0.333. The smallest absolute Gasteiger partial charge is 0.162 e. The van der Waals surface area contributed by atoms with E-state index in [-0.39, 0.29) is 11.2 Å². The van der Waals surface area contributed by atoms with Crippen LogP contribution in [0.5, 0.6) is 5.75 Å². The zero-order chi connectivity index (χ0) is 16.0. The standard InChI is InChI=1S/C19H27NO2/c1-19(2,15-20-13-5-4-6-14-20)18(21)12-9-16-7-10-17(22-3)11-8-16/h7-12H,4-6,13-15H2,1-3H3/b12-9+. The van der Waals surface area contributed by atoms with Gasteiger partial charge in [-0.25, -0.2) is 0 Å². The van der Waals surface area contributed by atoms with Crippen LogP contribution in [0.15, 0.2) is 30.3 Å². The summed E-state index contributed by atoms with van der Waals surface area (Å²) in [6, 6.07) is 7.73. The molecule has 0 bridgehead atoms. The number of benzene rings is 1. The van der Waals surface area contributed by atoms with Crippen LogP contribution in [0.25, 0.3) is 6.08 Å². The van der Waals surface area contributed by atoms with E-state index in [0.29, 0.717) is 0 Å². The highest BCUT2D eigenvalue weighted by atomic mass is 16.5. The van der Waals surface area contributed by atoms with Crippen LogP contribution in [0.2, 0.25) is 0 Å². The van der Waals surface area contributed by atoms with E-state index in [2.05, 4.69) is 4.90 Å². The van der Waals surface area contributed by atoms with Crippen LogP contribution in [-0.4, -0.2) is 37.4 Å². The molecule has 22 heavy (non-hydrogen) atoms. The number of ether oxygens (including phenoxy) is 1. The highest BCUT2D eigenvalue weighted by molar-refractivity contribution is 5.97. The zero-order valence-corrected chi connectivity index (χ0v) is 14.0. The van der Waals surface area contributed by atoms with E-state index < -0.39 is 0 Å². The lowest BCUT2D eigenvalue weighted by Gasteiger charge is -2.33. The lowest BCUT2D eigenvalue weighted by molar-refractivity contribution is -0.123. The molecule has 0 aliphatic carbocycles. The summed E-state index contributed by atoms with van der Waals surface area (Å²) in [4.78, 5) is 14.9. The van der Waals surface area contributed by atoms with Crippen LogP contribution in [-0.2, 0) is 4.79 Å². The van der Waals surface area contributed by atoms with Crippen molar-refractivity contribution in [3.05, 3.63) is 35.9 Å². The molecular weight excluding hydrogens is 274 g/mol. The number of nitrogens with zero attached hydrogens (tertiary/aromatic N) is 1. The molecule has 120 valence electrons. The average molecular weight is 301 g/mol. The second-order valence-corrected chi connectivity index (χ2v) is 6.69. The largest absolute Gasteiger partial charge is 0.497 e. The molecule has 0 aromatic heterocycles. The predicted molar refractivity (Wildman–Crippen MR) is 91.1 cm³/mol. The molecule has 3 nitrogen and oxygen atoms in total. The summed E-state index contributed by atoms with van der Waals surface area (Å²) in [5, 5.41) is 0. The first-order valence-electron chi connectivity index (χ1n) is 8.10. The van der Waals surface area contributed by atoms with Crippen molar-refractivity contribution in [1.29, 1.82) is 0 Å². The monoisotopic (exact) mass is 301 g/mol. The average Bonchev–Trinajstić information content (AvgIpc) is 2.53. The molecule has 1 aliphatic rings. The number of likely N-dealkylation sites (tertiary alicyclic amines) is 1. The first-order chi connectivity index (χ1) is 10.5. The molecule has 2 rings (SSSR count). The number of methoxy groups -OCH3 is 1. The third-order valence-corrected chi connectivity index (χ3v) is 4.28. The Morgan fingerprint density at radius 3 is 2.41 bits per heavy atom. The Bertz CT molecular complexity index is 511. The number of carbonyl (C=O) groups is 1. The Balaban J connectivity index is 1.94. The van der Waals surface area contributed by atoms with Crippen molar-refractivity contribution < 1.29 is 9.53 Å². The second kappa shape index (κ2) is 7.59. The van der Waals surface area contributed by atoms with Gasteiger partial charge in [-0.05, 0) is 49.7 Å². The first-order valence-corrected chi connectivity index (χ1v) is 8.10. The summed E-state index contributed by atoms with van der Waals surface area (Å²) >= 11 is 0. The van der Waals surface area contributed by atoms with Crippen LogP contribution in [0, 0.1) is 5.41 Å². The molecule has 1 saturated heterocycles. The normalized spacial score (nSPS) is 16.9. The van der Waals surface area contributed by atoms with E-state index in [1.54, 1.807) is 13.2 Å². The van der Waals surface area contributed by atoms with E-state index in [1.165, 1.54) is 19.3 Å². The fourth-order valence-corrected chi connectivity index (χ4v) is 2.87. The van der Waals surface area contributed by atoms with Crippen molar-refractivity contribution in [2.45, 2.75) is 33.1 Å². The van der Waals surface area contributed by atoms with E-state index in [1.807, 2.05) is 44.2 Å². The van der Waals surface area contributed by atoms with Crippen molar-refractivity contribution in [3.8, 4) is 5.75 Å². The highest BCUT2D eigenvalue weighted by Gasteiger charge is 2.28. The number of rotatable bonds is 6. The van der Waals surface area contributed by atoms with E-state index >= 15 is 0 Å². The van der Waals surface area contributed by atoms with Crippen molar-refractivity contribution in [3.63, 3.8) is 0 Å². The van der Waals surface area contributed by atoms with Crippen LogP contribution in [0.1, 0.15) is 38.7 Å². The fraction of sp³-hybridized carbons (Fsp3) is 0.526. The van der Waals surface area contributed by atoms with Gasteiger partial charge in [-0.15, -0.1) is 0 Å². The minimum absolute atomic E-state index is 0.189. The van der Waals surface area contributed by atoms with E-state index in [4.69, 9.17) is 4.74 Å². The maximum absolute atomic E-state index is 12.5. The van der Waals surface area contributed by atoms with Gasteiger partial charge in [0, 0.05) is 12.0 Å². The number of carbonyl (C=O) groups excluding carboxylic acids is 1.